The van der Waals surface area contributed by atoms with Crippen molar-refractivity contribution in [1.82, 2.24) is 19.8 Å². The Bertz CT molecular complexity index is 1050. The number of likely N-dealkylation sites (N-methyl/N-ethyl adjacent to an activating group) is 1. The average molecular weight is 581 g/mol. The predicted molar refractivity (Wildman–Crippen MR) is 151 cm³/mol. The van der Waals surface area contributed by atoms with E-state index in [1.54, 1.807) is 16.8 Å². The summed E-state index contributed by atoms with van der Waals surface area (Å²) in [5.74, 6) is -0.968. The van der Waals surface area contributed by atoms with Gasteiger partial charge >= 0.3 is 13.7 Å². The van der Waals surface area contributed by atoms with Crippen molar-refractivity contribution in [2.75, 3.05) is 46.4 Å². The average Bonchev–Trinajstić information content (AvgIpc) is 3.24. The lowest BCUT2D eigenvalue weighted by molar-refractivity contribution is -0.151. The third-order valence-corrected chi connectivity index (χ3v) is 9.29. The first-order valence-electron chi connectivity index (χ1n) is 14.3. The fraction of sp³-hybridized carbons (Fsp3) is 0.679. The summed E-state index contributed by atoms with van der Waals surface area (Å²) in [6, 6.07) is 9.01. The minimum atomic E-state index is -4.01. The molecule has 0 aliphatic carbocycles. The summed E-state index contributed by atoms with van der Waals surface area (Å²) in [4.78, 5) is 44.7. The molecule has 2 aliphatic rings. The van der Waals surface area contributed by atoms with Gasteiger partial charge in [0.2, 0.25) is 11.8 Å². The molecule has 2 aliphatic heterocycles. The molecule has 3 rings (SSSR count). The van der Waals surface area contributed by atoms with Crippen LogP contribution in [0.5, 0.6) is 0 Å². The number of piperazine rings is 1. The lowest BCUT2D eigenvalue weighted by atomic mass is 9.91. The maximum Gasteiger partial charge on any atom is 0.406 e. The molecule has 2 fully saturated rings. The van der Waals surface area contributed by atoms with Crippen LogP contribution in [0.15, 0.2) is 30.3 Å². The molecule has 1 N–H and O–H groups in total. The van der Waals surface area contributed by atoms with Crippen LogP contribution in [0.2, 0.25) is 0 Å². The molecule has 40 heavy (non-hydrogen) atoms. The Morgan fingerprint density at radius 1 is 1.07 bits per heavy atom. The number of esters is 1. The highest BCUT2D eigenvalue weighted by Gasteiger charge is 2.53. The van der Waals surface area contributed by atoms with Crippen LogP contribution in [-0.2, 0) is 39.3 Å². The molecule has 3 unspecified atom stereocenters. The van der Waals surface area contributed by atoms with Crippen molar-refractivity contribution < 1.29 is 32.7 Å². The predicted octanol–water partition coefficient (Wildman–Crippen LogP) is 3.19. The quantitative estimate of drug-likeness (QED) is 0.262. The number of likely N-dealkylation sites (tertiary alicyclic amines) is 1. The largest absolute Gasteiger partial charge is 0.461 e. The van der Waals surface area contributed by atoms with Crippen LogP contribution in [0.1, 0.15) is 58.9 Å². The molecular formula is C28H45N4O7P. The molecule has 0 bridgehead atoms. The number of amides is 2. The summed E-state index contributed by atoms with van der Waals surface area (Å²) in [5.41, 5.74) is 0.274. The zero-order valence-electron chi connectivity index (χ0n) is 24.5. The van der Waals surface area contributed by atoms with E-state index < -0.39 is 37.8 Å². The first kappa shape index (κ1) is 32.2. The van der Waals surface area contributed by atoms with Gasteiger partial charge in [-0.15, -0.1) is 0 Å². The van der Waals surface area contributed by atoms with Gasteiger partial charge in [0.25, 0.3) is 0 Å². The minimum Gasteiger partial charge on any atom is -0.461 e. The van der Waals surface area contributed by atoms with Gasteiger partial charge in [-0.3, -0.25) is 28.3 Å². The number of nitrogens with zero attached hydrogens (tertiary/aromatic N) is 3. The minimum absolute atomic E-state index is 0.00901. The van der Waals surface area contributed by atoms with Gasteiger partial charge in [0.15, 0.2) is 0 Å². The monoisotopic (exact) mass is 580 g/mol. The zero-order chi connectivity index (χ0) is 29.3. The molecule has 2 saturated heterocycles. The summed E-state index contributed by atoms with van der Waals surface area (Å²) < 4.78 is 30.0. The molecule has 0 saturated carbocycles. The van der Waals surface area contributed by atoms with Gasteiger partial charge in [0.1, 0.15) is 24.3 Å². The van der Waals surface area contributed by atoms with Crippen molar-refractivity contribution in [2.24, 2.45) is 0 Å². The first-order valence-corrected chi connectivity index (χ1v) is 15.8. The number of hydrogen-bond acceptors (Lipinski definition) is 8. The van der Waals surface area contributed by atoms with Gasteiger partial charge in [-0.05, 0) is 38.2 Å². The number of nitrogens with one attached hydrogen (secondary N) is 1. The summed E-state index contributed by atoms with van der Waals surface area (Å²) >= 11 is 0. The topological polar surface area (TPSA) is 118 Å². The van der Waals surface area contributed by atoms with E-state index in [0.717, 1.165) is 5.56 Å². The van der Waals surface area contributed by atoms with Gasteiger partial charge in [0.05, 0.1) is 6.61 Å². The zero-order valence-corrected chi connectivity index (χ0v) is 25.4. The van der Waals surface area contributed by atoms with Crippen LogP contribution >= 0.6 is 7.75 Å². The van der Waals surface area contributed by atoms with Crippen LogP contribution in [0.3, 0.4) is 0 Å². The smallest absolute Gasteiger partial charge is 0.406 e. The molecule has 2 heterocycles. The normalized spacial score (nSPS) is 22.1. The molecule has 1 aromatic rings. The molecule has 0 radical (unpaired) electrons. The van der Waals surface area contributed by atoms with Crippen molar-refractivity contribution in [3.8, 4) is 0 Å². The number of carbonyl (C=O) groups excluding carboxylic acids is 3. The highest BCUT2D eigenvalue weighted by molar-refractivity contribution is 7.51. The molecule has 1 spiro atoms. The van der Waals surface area contributed by atoms with Gasteiger partial charge in [-0.2, -0.15) is 0 Å². The highest BCUT2D eigenvalue weighted by Crippen LogP contribution is 2.44. The Morgan fingerprint density at radius 3 is 2.38 bits per heavy atom. The Morgan fingerprint density at radius 2 is 1.77 bits per heavy atom. The van der Waals surface area contributed by atoms with Crippen molar-refractivity contribution >= 4 is 25.5 Å². The number of benzene rings is 1. The van der Waals surface area contributed by atoms with E-state index in [4.69, 9.17) is 13.8 Å². The van der Waals surface area contributed by atoms with E-state index in [1.165, 1.54) is 6.92 Å². The van der Waals surface area contributed by atoms with Crippen LogP contribution in [0.25, 0.3) is 0 Å². The number of hydrogen-bond donors (Lipinski definition) is 1. The van der Waals surface area contributed by atoms with E-state index in [2.05, 4.69) is 9.99 Å². The third-order valence-electron chi connectivity index (χ3n) is 7.59. The summed E-state index contributed by atoms with van der Waals surface area (Å²) in [7, 11) is -2.23. The maximum atomic E-state index is 13.5. The number of rotatable bonds is 14. The number of carbonyl (C=O) groups is 3. The standard InChI is InChI=1S/C28H45N4O7P/c1-6-18-37-40(36,29-22(4)26(34)39-24(7-2)8-3)38-20-25(33)31-16-17-32(19-23-12-10-9-11-13-23)28(21-31)14-15-30(5)27(28)35/h9-13,22,24H,6-8,14-21H2,1-5H3,(H,29,36). The lowest BCUT2D eigenvalue weighted by Crippen LogP contribution is -2.66. The Hall–Kier alpha value is -2.30. The van der Waals surface area contributed by atoms with Crippen molar-refractivity contribution in [3.05, 3.63) is 35.9 Å². The fourth-order valence-electron chi connectivity index (χ4n) is 5.12. The molecule has 12 heteroatoms. The first-order chi connectivity index (χ1) is 19.1. The second-order valence-electron chi connectivity index (χ2n) is 10.6. The fourth-order valence-corrected chi connectivity index (χ4v) is 6.63. The Kier molecular flexibility index (Phi) is 11.7. The molecule has 11 nitrogen and oxygen atoms in total. The van der Waals surface area contributed by atoms with E-state index in [-0.39, 0.29) is 25.2 Å². The molecular weight excluding hydrogens is 535 g/mol. The molecule has 2 amide bonds. The van der Waals surface area contributed by atoms with Crippen LogP contribution in [0, 0.1) is 0 Å². The van der Waals surface area contributed by atoms with Crippen molar-refractivity contribution in [3.63, 3.8) is 0 Å². The molecule has 3 atom stereocenters. The number of ether oxygens (including phenoxy) is 1. The van der Waals surface area contributed by atoms with E-state index in [9.17, 15) is 18.9 Å². The summed E-state index contributed by atoms with van der Waals surface area (Å²) in [6.07, 6.45) is 2.28. The summed E-state index contributed by atoms with van der Waals surface area (Å²) in [5, 5.41) is 2.63. The Balaban J connectivity index is 1.67. The van der Waals surface area contributed by atoms with E-state index in [1.807, 2.05) is 51.1 Å². The van der Waals surface area contributed by atoms with Gasteiger partial charge in [-0.25, -0.2) is 9.65 Å². The lowest BCUT2D eigenvalue weighted by Gasteiger charge is -2.47. The van der Waals surface area contributed by atoms with Gasteiger partial charge in [0, 0.05) is 39.8 Å². The second kappa shape index (κ2) is 14.5. The van der Waals surface area contributed by atoms with Crippen LogP contribution < -0.4 is 5.09 Å². The van der Waals surface area contributed by atoms with Crippen molar-refractivity contribution in [1.29, 1.82) is 0 Å². The third kappa shape index (κ3) is 7.91. The Labute approximate surface area is 238 Å². The summed E-state index contributed by atoms with van der Waals surface area (Å²) in [6.45, 7) is 9.18. The molecule has 1 aromatic carbocycles. The maximum absolute atomic E-state index is 13.5. The van der Waals surface area contributed by atoms with Crippen LogP contribution in [0.4, 0.5) is 0 Å². The molecule has 224 valence electrons. The van der Waals surface area contributed by atoms with Crippen molar-refractivity contribution in [2.45, 2.75) is 77.6 Å². The van der Waals surface area contributed by atoms with E-state index >= 15 is 0 Å². The SMILES string of the molecule is CCCOP(=O)(NC(C)C(=O)OC(CC)CC)OCC(=O)N1CCN(Cc2ccccc2)C2(CCN(C)C2=O)C1. The highest BCUT2D eigenvalue weighted by atomic mass is 31.2. The molecule has 0 aromatic heterocycles. The van der Waals surface area contributed by atoms with Gasteiger partial charge in [-0.1, -0.05) is 51.1 Å². The van der Waals surface area contributed by atoms with Crippen LogP contribution in [-0.4, -0.2) is 96.6 Å². The van der Waals surface area contributed by atoms with E-state index in [0.29, 0.717) is 51.9 Å². The van der Waals surface area contributed by atoms with Gasteiger partial charge < -0.3 is 14.5 Å². The second-order valence-corrected chi connectivity index (χ2v) is 12.3.